The Morgan fingerprint density at radius 2 is 1.90 bits per heavy atom. The number of benzene rings is 1. The minimum Gasteiger partial charge on any atom is -0.435 e. The lowest BCUT2D eigenvalue weighted by Crippen LogP contribution is -2.69. The minimum atomic E-state index is -2.85. The van der Waals surface area contributed by atoms with Crippen LogP contribution in [0.5, 0.6) is 5.75 Å². The third kappa shape index (κ3) is 4.86. The summed E-state index contributed by atoms with van der Waals surface area (Å²) in [5.41, 5.74) is 0.943. The first kappa shape index (κ1) is 21.5. The summed E-state index contributed by atoms with van der Waals surface area (Å²) in [6, 6.07) is 6.09. The van der Waals surface area contributed by atoms with Crippen molar-refractivity contribution >= 4 is 11.8 Å². The van der Waals surface area contributed by atoms with Gasteiger partial charge in [-0.25, -0.2) is 0 Å². The van der Waals surface area contributed by atoms with Gasteiger partial charge < -0.3 is 14.5 Å². The Kier molecular flexibility index (Phi) is 6.72. The number of ether oxygens (including phenoxy) is 1. The number of halogens is 2. The first-order chi connectivity index (χ1) is 13.8. The summed E-state index contributed by atoms with van der Waals surface area (Å²) in [5.74, 6) is 0.532. The average Bonchev–Trinajstić information content (AvgIpc) is 2.68. The topological polar surface area (TPSA) is 53.1 Å². The van der Waals surface area contributed by atoms with E-state index in [4.69, 9.17) is 0 Å². The van der Waals surface area contributed by atoms with Gasteiger partial charge in [0.15, 0.2) is 0 Å². The van der Waals surface area contributed by atoms with Crippen LogP contribution >= 0.6 is 0 Å². The summed E-state index contributed by atoms with van der Waals surface area (Å²) in [6.07, 6.45) is 1.18. The molecule has 3 rings (SSSR count). The quantitative estimate of drug-likeness (QED) is 0.695. The van der Waals surface area contributed by atoms with Crippen molar-refractivity contribution in [1.29, 1.82) is 0 Å². The SMILES string of the molecule is CCC(C)CN1CC2N(Cc3ccc(OC(F)F)cc3)CCC(=O)N2[C@@H](C)C1=O. The monoisotopic (exact) mass is 409 g/mol. The summed E-state index contributed by atoms with van der Waals surface area (Å²) in [4.78, 5) is 31.1. The van der Waals surface area contributed by atoms with Crippen LogP contribution in [-0.4, -0.2) is 65.0 Å². The van der Waals surface area contributed by atoms with Crippen molar-refractivity contribution in [3.8, 4) is 5.75 Å². The van der Waals surface area contributed by atoms with Crippen molar-refractivity contribution in [2.24, 2.45) is 5.92 Å². The maximum atomic E-state index is 12.8. The van der Waals surface area contributed by atoms with Crippen LogP contribution in [0, 0.1) is 5.92 Å². The Morgan fingerprint density at radius 3 is 2.52 bits per heavy atom. The van der Waals surface area contributed by atoms with E-state index in [2.05, 4.69) is 23.5 Å². The Labute approximate surface area is 170 Å². The number of carbonyl (C=O) groups excluding carboxylic acids is 2. The van der Waals surface area contributed by atoms with E-state index < -0.39 is 12.7 Å². The zero-order chi connectivity index (χ0) is 21.1. The molecule has 2 aliphatic rings. The number of fused-ring (bicyclic) bond motifs is 1. The third-order valence-corrected chi connectivity index (χ3v) is 5.88. The second-order valence-corrected chi connectivity index (χ2v) is 7.96. The molecule has 160 valence electrons. The standard InChI is InChI=1S/C21H29F2N3O3/c1-4-14(2)11-25-13-18-24(10-9-19(27)26(18)15(3)20(25)28)12-16-5-7-17(8-6-16)29-21(22)23/h5-8,14-15,18,21H,4,9-13H2,1-3H3/t14?,15-,18?/m0/s1. The molecule has 0 aliphatic carbocycles. The van der Waals surface area contributed by atoms with Crippen LogP contribution in [-0.2, 0) is 16.1 Å². The first-order valence-corrected chi connectivity index (χ1v) is 10.2. The molecule has 1 aromatic rings. The molecule has 0 bridgehead atoms. The van der Waals surface area contributed by atoms with E-state index in [1.807, 2.05) is 4.90 Å². The van der Waals surface area contributed by atoms with E-state index in [1.165, 1.54) is 12.1 Å². The molecule has 8 heteroatoms. The van der Waals surface area contributed by atoms with E-state index in [0.717, 1.165) is 12.0 Å². The number of nitrogens with zero attached hydrogens (tertiary/aromatic N) is 3. The number of carbonyl (C=O) groups is 2. The molecule has 2 heterocycles. The molecule has 2 fully saturated rings. The maximum absolute atomic E-state index is 12.8. The van der Waals surface area contributed by atoms with Crippen molar-refractivity contribution in [1.82, 2.24) is 14.7 Å². The molecule has 2 saturated heterocycles. The van der Waals surface area contributed by atoms with E-state index in [0.29, 0.717) is 38.5 Å². The van der Waals surface area contributed by atoms with E-state index in [9.17, 15) is 18.4 Å². The lowest BCUT2D eigenvalue weighted by atomic mass is 10.0. The Balaban J connectivity index is 1.75. The van der Waals surface area contributed by atoms with Gasteiger partial charge in [0.2, 0.25) is 11.8 Å². The Bertz CT molecular complexity index is 728. The highest BCUT2D eigenvalue weighted by Crippen LogP contribution is 2.28. The number of piperazine rings is 1. The summed E-state index contributed by atoms with van der Waals surface area (Å²) >= 11 is 0. The molecule has 2 amide bonds. The summed E-state index contributed by atoms with van der Waals surface area (Å²) in [5, 5.41) is 0. The van der Waals surface area contributed by atoms with Crippen LogP contribution in [0.4, 0.5) is 8.78 Å². The van der Waals surface area contributed by atoms with E-state index >= 15 is 0 Å². The maximum Gasteiger partial charge on any atom is 0.387 e. The van der Waals surface area contributed by atoms with Gasteiger partial charge in [0, 0.05) is 26.1 Å². The smallest absolute Gasteiger partial charge is 0.387 e. The normalized spacial score (nSPS) is 24.1. The van der Waals surface area contributed by atoms with Crippen LogP contribution in [0.1, 0.15) is 39.2 Å². The molecule has 2 unspecified atom stereocenters. The van der Waals surface area contributed by atoms with Crippen molar-refractivity contribution in [3.63, 3.8) is 0 Å². The van der Waals surface area contributed by atoms with Crippen molar-refractivity contribution in [2.75, 3.05) is 19.6 Å². The lowest BCUT2D eigenvalue weighted by molar-refractivity contribution is -0.169. The van der Waals surface area contributed by atoms with Gasteiger partial charge in [0.1, 0.15) is 18.0 Å². The van der Waals surface area contributed by atoms with Crippen LogP contribution in [0.25, 0.3) is 0 Å². The highest BCUT2D eigenvalue weighted by Gasteiger charge is 2.45. The zero-order valence-corrected chi connectivity index (χ0v) is 17.2. The lowest BCUT2D eigenvalue weighted by Gasteiger charge is -2.52. The van der Waals surface area contributed by atoms with Gasteiger partial charge in [0.05, 0.1) is 6.54 Å². The largest absolute Gasteiger partial charge is 0.435 e. The summed E-state index contributed by atoms with van der Waals surface area (Å²) < 4.78 is 29.1. The Hall–Kier alpha value is -2.22. The highest BCUT2D eigenvalue weighted by atomic mass is 19.3. The zero-order valence-electron chi connectivity index (χ0n) is 17.2. The van der Waals surface area contributed by atoms with Crippen LogP contribution in [0.3, 0.4) is 0 Å². The molecule has 0 N–H and O–H groups in total. The summed E-state index contributed by atoms with van der Waals surface area (Å²) in [7, 11) is 0. The molecule has 6 nitrogen and oxygen atoms in total. The molecule has 0 aromatic heterocycles. The van der Waals surface area contributed by atoms with Crippen molar-refractivity contribution in [3.05, 3.63) is 29.8 Å². The van der Waals surface area contributed by atoms with Gasteiger partial charge in [-0.2, -0.15) is 8.78 Å². The molecule has 1 aromatic carbocycles. The average molecular weight is 409 g/mol. The van der Waals surface area contributed by atoms with Crippen LogP contribution in [0.15, 0.2) is 24.3 Å². The van der Waals surface area contributed by atoms with E-state index in [1.54, 1.807) is 24.0 Å². The molecular weight excluding hydrogens is 380 g/mol. The number of alkyl halides is 2. The van der Waals surface area contributed by atoms with Crippen LogP contribution in [0.2, 0.25) is 0 Å². The Morgan fingerprint density at radius 1 is 1.21 bits per heavy atom. The van der Waals surface area contributed by atoms with Gasteiger partial charge in [-0.05, 0) is 30.5 Å². The molecule has 3 atom stereocenters. The van der Waals surface area contributed by atoms with Gasteiger partial charge in [0.25, 0.3) is 0 Å². The predicted molar refractivity (Wildman–Crippen MR) is 104 cm³/mol. The molecule has 0 radical (unpaired) electrons. The fraction of sp³-hybridized carbons (Fsp3) is 0.619. The third-order valence-electron chi connectivity index (χ3n) is 5.88. The second kappa shape index (κ2) is 9.07. The minimum absolute atomic E-state index is 0.00486. The number of amides is 2. The number of hydrogen-bond acceptors (Lipinski definition) is 4. The van der Waals surface area contributed by atoms with Crippen molar-refractivity contribution < 1.29 is 23.1 Å². The highest BCUT2D eigenvalue weighted by molar-refractivity contribution is 5.89. The fourth-order valence-corrected chi connectivity index (χ4v) is 4.07. The summed E-state index contributed by atoms with van der Waals surface area (Å²) in [6.45, 7) is 5.53. The number of rotatable bonds is 7. The molecule has 29 heavy (non-hydrogen) atoms. The molecule has 0 spiro atoms. The van der Waals surface area contributed by atoms with Gasteiger partial charge in [-0.3, -0.25) is 14.5 Å². The number of hydrogen-bond donors (Lipinski definition) is 0. The van der Waals surface area contributed by atoms with Crippen molar-refractivity contribution in [2.45, 2.75) is 59.0 Å². The van der Waals surface area contributed by atoms with E-state index in [-0.39, 0.29) is 23.7 Å². The first-order valence-electron chi connectivity index (χ1n) is 10.2. The van der Waals surface area contributed by atoms with Gasteiger partial charge in [-0.1, -0.05) is 32.4 Å². The fourth-order valence-electron chi connectivity index (χ4n) is 4.07. The van der Waals surface area contributed by atoms with Gasteiger partial charge in [-0.15, -0.1) is 0 Å². The molecular formula is C21H29F2N3O3. The molecule has 0 saturated carbocycles. The van der Waals surface area contributed by atoms with Crippen LogP contribution < -0.4 is 4.74 Å². The van der Waals surface area contributed by atoms with Gasteiger partial charge >= 0.3 is 6.61 Å². The predicted octanol–water partition coefficient (Wildman–Crippen LogP) is 2.93. The second-order valence-electron chi connectivity index (χ2n) is 7.96. The molecule has 2 aliphatic heterocycles.